The average Bonchev–Trinajstić information content (AvgIpc) is 3.24. The lowest BCUT2D eigenvalue weighted by atomic mass is 10.1. The monoisotopic (exact) mass is 360 g/mol. The highest BCUT2D eigenvalue weighted by Gasteiger charge is 2.25. The lowest BCUT2D eigenvalue weighted by Crippen LogP contribution is -2.37. The highest BCUT2D eigenvalue weighted by atomic mass is 16.5. The fourth-order valence-electron chi connectivity index (χ4n) is 3.62. The largest absolute Gasteiger partial charge is 0.469 e. The quantitative estimate of drug-likeness (QED) is 0.756. The molecule has 1 saturated heterocycles. The van der Waals surface area contributed by atoms with Gasteiger partial charge in [0.25, 0.3) is 0 Å². The van der Waals surface area contributed by atoms with Crippen molar-refractivity contribution < 1.29 is 13.7 Å². The van der Waals surface area contributed by atoms with Gasteiger partial charge in [0.05, 0.1) is 12.8 Å². The van der Waals surface area contributed by atoms with E-state index in [9.17, 15) is 4.79 Å². The number of rotatable bonds is 7. The molecule has 0 spiro atoms. The van der Waals surface area contributed by atoms with E-state index in [0.717, 1.165) is 50.5 Å². The van der Waals surface area contributed by atoms with Gasteiger partial charge in [-0.3, -0.25) is 9.69 Å². The fourth-order valence-corrected chi connectivity index (χ4v) is 3.62. The summed E-state index contributed by atoms with van der Waals surface area (Å²) in [5, 5.41) is 4.01. The molecule has 1 amide bonds. The van der Waals surface area contributed by atoms with E-state index in [2.05, 4.69) is 22.0 Å². The lowest BCUT2D eigenvalue weighted by Gasteiger charge is -2.28. The van der Waals surface area contributed by atoms with E-state index in [0.29, 0.717) is 31.3 Å². The number of aryl methyl sites for hydroxylation is 2. The predicted molar refractivity (Wildman–Crippen MR) is 96.4 cm³/mol. The first-order valence-electron chi connectivity index (χ1n) is 9.49. The normalized spacial score (nSPS) is 18.3. The lowest BCUT2D eigenvalue weighted by molar-refractivity contribution is -0.131. The van der Waals surface area contributed by atoms with Gasteiger partial charge in [-0.1, -0.05) is 12.1 Å². The molecule has 1 aliphatic heterocycles. The van der Waals surface area contributed by atoms with E-state index < -0.39 is 0 Å². The predicted octanol–water partition coefficient (Wildman–Crippen LogP) is 2.81. The molecule has 1 fully saturated rings. The van der Waals surface area contributed by atoms with E-state index in [1.807, 2.05) is 24.0 Å². The van der Waals surface area contributed by atoms with Crippen LogP contribution in [0.4, 0.5) is 0 Å². The Labute approximate surface area is 154 Å². The van der Waals surface area contributed by atoms with Crippen molar-refractivity contribution in [2.75, 3.05) is 19.6 Å². The second-order valence-electron chi connectivity index (χ2n) is 6.84. The van der Waals surface area contributed by atoms with Crippen LogP contribution in [0.1, 0.15) is 50.1 Å². The molecule has 26 heavy (non-hydrogen) atoms. The minimum absolute atomic E-state index is 0.221. The van der Waals surface area contributed by atoms with Gasteiger partial charge in [0.2, 0.25) is 11.8 Å². The second-order valence-corrected chi connectivity index (χ2v) is 6.84. The van der Waals surface area contributed by atoms with Gasteiger partial charge in [0, 0.05) is 38.9 Å². The van der Waals surface area contributed by atoms with Crippen LogP contribution >= 0.6 is 0 Å². The van der Waals surface area contributed by atoms with Crippen LogP contribution in [-0.4, -0.2) is 51.5 Å². The van der Waals surface area contributed by atoms with Crippen molar-refractivity contribution in [3.8, 4) is 0 Å². The van der Waals surface area contributed by atoms with Crippen LogP contribution in [0.2, 0.25) is 0 Å². The van der Waals surface area contributed by atoms with E-state index in [1.54, 1.807) is 6.26 Å². The van der Waals surface area contributed by atoms with E-state index >= 15 is 0 Å². The Morgan fingerprint density at radius 2 is 2.27 bits per heavy atom. The Bertz CT molecular complexity index is 683. The van der Waals surface area contributed by atoms with Gasteiger partial charge in [0.1, 0.15) is 5.76 Å². The summed E-state index contributed by atoms with van der Waals surface area (Å²) in [5.41, 5.74) is 0. The van der Waals surface area contributed by atoms with Gasteiger partial charge in [-0.25, -0.2) is 0 Å². The molecule has 2 aromatic rings. The molecule has 0 aromatic carbocycles. The van der Waals surface area contributed by atoms with Crippen LogP contribution in [0.3, 0.4) is 0 Å². The molecule has 0 N–H and O–H groups in total. The van der Waals surface area contributed by atoms with Crippen molar-refractivity contribution in [3.05, 3.63) is 35.9 Å². The SMILES string of the molecule is CCN(Cc1noc(C)n1)[C@@H]1CCCN(C(=O)CCc2ccco2)CC1. The number of carbonyl (C=O) groups excluding carboxylic acids is 1. The molecular formula is C19H28N4O3. The Kier molecular flexibility index (Phi) is 6.44. The zero-order valence-electron chi connectivity index (χ0n) is 15.7. The molecule has 3 rings (SSSR count). The molecule has 0 radical (unpaired) electrons. The number of furan rings is 1. The first-order valence-corrected chi connectivity index (χ1v) is 9.49. The molecular weight excluding hydrogens is 332 g/mol. The minimum Gasteiger partial charge on any atom is -0.469 e. The number of nitrogens with zero attached hydrogens (tertiary/aromatic N) is 4. The summed E-state index contributed by atoms with van der Waals surface area (Å²) in [5.74, 6) is 2.43. The summed E-state index contributed by atoms with van der Waals surface area (Å²) < 4.78 is 10.4. The first kappa shape index (κ1) is 18.6. The minimum atomic E-state index is 0.221. The molecule has 7 heteroatoms. The summed E-state index contributed by atoms with van der Waals surface area (Å²) in [4.78, 5) is 21.2. The van der Waals surface area contributed by atoms with E-state index in [-0.39, 0.29) is 5.91 Å². The molecule has 2 aromatic heterocycles. The maximum absolute atomic E-state index is 12.5. The smallest absolute Gasteiger partial charge is 0.223 e. The van der Waals surface area contributed by atoms with Gasteiger partial charge in [-0.15, -0.1) is 0 Å². The Morgan fingerprint density at radius 1 is 1.38 bits per heavy atom. The second kappa shape index (κ2) is 8.98. The molecule has 1 atom stereocenters. The van der Waals surface area contributed by atoms with Crippen LogP contribution in [0.15, 0.2) is 27.3 Å². The van der Waals surface area contributed by atoms with Gasteiger partial charge >= 0.3 is 0 Å². The Morgan fingerprint density at radius 3 is 2.96 bits per heavy atom. The number of aromatic nitrogens is 2. The van der Waals surface area contributed by atoms with Crippen LogP contribution in [0, 0.1) is 6.92 Å². The zero-order valence-corrected chi connectivity index (χ0v) is 15.7. The molecule has 0 bridgehead atoms. The molecule has 3 heterocycles. The van der Waals surface area contributed by atoms with Crippen LogP contribution in [0.5, 0.6) is 0 Å². The maximum Gasteiger partial charge on any atom is 0.223 e. The van der Waals surface area contributed by atoms with Crippen molar-refractivity contribution in [2.24, 2.45) is 0 Å². The van der Waals surface area contributed by atoms with Crippen LogP contribution < -0.4 is 0 Å². The van der Waals surface area contributed by atoms with Gasteiger partial charge in [0.15, 0.2) is 5.82 Å². The zero-order chi connectivity index (χ0) is 18.4. The third kappa shape index (κ3) is 4.94. The van der Waals surface area contributed by atoms with Crippen molar-refractivity contribution >= 4 is 5.91 Å². The Hall–Kier alpha value is -2.15. The highest BCUT2D eigenvalue weighted by molar-refractivity contribution is 5.76. The number of carbonyl (C=O) groups is 1. The van der Waals surface area contributed by atoms with E-state index in [4.69, 9.17) is 8.94 Å². The summed E-state index contributed by atoms with van der Waals surface area (Å²) in [6.07, 6.45) is 5.94. The first-order chi connectivity index (χ1) is 12.7. The summed E-state index contributed by atoms with van der Waals surface area (Å²) in [7, 11) is 0. The third-order valence-electron chi connectivity index (χ3n) is 5.05. The number of likely N-dealkylation sites (tertiary alicyclic amines) is 1. The maximum atomic E-state index is 12.5. The number of amides is 1. The number of hydrogen-bond donors (Lipinski definition) is 0. The molecule has 0 unspecified atom stereocenters. The van der Waals surface area contributed by atoms with Crippen LogP contribution in [0.25, 0.3) is 0 Å². The third-order valence-corrected chi connectivity index (χ3v) is 5.05. The van der Waals surface area contributed by atoms with Gasteiger partial charge < -0.3 is 13.8 Å². The van der Waals surface area contributed by atoms with Gasteiger partial charge in [-0.2, -0.15) is 4.98 Å². The summed E-state index contributed by atoms with van der Waals surface area (Å²) in [6, 6.07) is 4.23. The summed E-state index contributed by atoms with van der Waals surface area (Å²) >= 11 is 0. The van der Waals surface area contributed by atoms with Crippen molar-refractivity contribution in [3.63, 3.8) is 0 Å². The summed E-state index contributed by atoms with van der Waals surface area (Å²) in [6.45, 7) is 7.25. The highest BCUT2D eigenvalue weighted by Crippen LogP contribution is 2.19. The average molecular weight is 360 g/mol. The van der Waals surface area contributed by atoms with Gasteiger partial charge in [-0.05, 0) is 37.9 Å². The Balaban J connectivity index is 1.50. The topological polar surface area (TPSA) is 75.6 Å². The van der Waals surface area contributed by atoms with Crippen molar-refractivity contribution in [1.29, 1.82) is 0 Å². The van der Waals surface area contributed by atoms with Crippen molar-refractivity contribution in [2.45, 2.75) is 58.5 Å². The van der Waals surface area contributed by atoms with E-state index in [1.165, 1.54) is 0 Å². The molecule has 0 saturated carbocycles. The molecule has 1 aliphatic rings. The van der Waals surface area contributed by atoms with Crippen molar-refractivity contribution in [1.82, 2.24) is 19.9 Å². The fraction of sp³-hybridized carbons (Fsp3) is 0.632. The molecule has 7 nitrogen and oxygen atoms in total. The molecule has 0 aliphatic carbocycles. The standard InChI is InChI=1S/C19H28N4O3/c1-3-22(14-18-20-15(2)26-21-18)16-6-4-11-23(12-10-16)19(24)9-8-17-7-5-13-25-17/h5,7,13,16H,3-4,6,8-12,14H2,1-2H3/t16-/m1/s1. The number of hydrogen-bond acceptors (Lipinski definition) is 6. The molecule has 142 valence electrons. The van der Waals surface area contributed by atoms with Crippen LogP contribution in [-0.2, 0) is 17.8 Å².